The Hall–Kier alpha value is -1.47. The third-order valence-corrected chi connectivity index (χ3v) is 4.93. The van der Waals surface area contributed by atoms with Crippen molar-refractivity contribution in [1.29, 1.82) is 0 Å². The fourth-order valence-corrected chi connectivity index (χ4v) is 3.90. The molecule has 0 N–H and O–H groups in total. The van der Waals surface area contributed by atoms with E-state index < -0.39 is 0 Å². The van der Waals surface area contributed by atoms with E-state index in [1.807, 2.05) is 0 Å². The van der Waals surface area contributed by atoms with E-state index in [2.05, 4.69) is 70.2 Å². The molecule has 0 amide bonds. The number of benzene rings is 1. The first kappa shape index (κ1) is 14.5. The van der Waals surface area contributed by atoms with Crippen molar-refractivity contribution in [3.63, 3.8) is 0 Å². The summed E-state index contributed by atoms with van der Waals surface area (Å²) < 4.78 is 0. The number of fused-ring (bicyclic) bond motifs is 1. The van der Waals surface area contributed by atoms with Crippen LogP contribution in [0.25, 0.3) is 5.57 Å². The first-order valence-electron chi connectivity index (χ1n) is 7.78. The average molecular weight is 294 g/mol. The molecule has 0 spiro atoms. The zero-order chi connectivity index (χ0) is 15.1. The Balaban J connectivity index is 2.11. The third kappa shape index (κ3) is 2.34. The zero-order valence-corrected chi connectivity index (χ0v) is 14.0. The molecule has 108 valence electrons. The minimum Gasteiger partial charge on any atom is -0.0795 e. The molecule has 3 rings (SSSR count). The van der Waals surface area contributed by atoms with Gasteiger partial charge in [0.15, 0.2) is 0 Å². The van der Waals surface area contributed by atoms with Gasteiger partial charge in [-0.05, 0) is 39.7 Å². The van der Waals surface area contributed by atoms with Crippen molar-refractivity contribution in [3.8, 4) is 0 Å². The minimum atomic E-state index is 0.370. The van der Waals surface area contributed by atoms with Gasteiger partial charge in [0.25, 0.3) is 0 Å². The van der Waals surface area contributed by atoms with Gasteiger partial charge in [-0.1, -0.05) is 82.4 Å². The summed E-state index contributed by atoms with van der Waals surface area (Å²) in [7, 11) is 0. The van der Waals surface area contributed by atoms with Crippen LogP contribution in [0.4, 0.5) is 0 Å². The number of hydrogen-bond acceptors (Lipinski definition) is 1. The van der Waals surface area contributed by atoms with Gasteiger partial charge < -0.3 is 0 Å². The molecule has 0 nitrogen and oxygen atoms in total. The molecule has 1 aromatic rings. The second-order valence-corrected chi connectivity index (χ2v) is 6.98. The van der Waals surface area contributed by atoms with Crippen LogP contribution in [0, 0.1) is 17.8 Å². The van der Waals surface area contributed by atoms with E-state index in [0.29, 0.717) is 17.8 Å². The summed E-state index contributed by atoms with van der Waals surface area (Å²) in [4.78, 5) is 1.10. The number of hydrogen-bond donors (Lipinski definition) is 0. The van der Waals surface area contributed by atoms with E-state index in [9.17, 15) is 0 Å². The van der Waals surface area contributed by atoms with Crippen LogP contribution in [0.3, 0.4) is 0 Å². The van der Waals surface area contributed by atoms with Crippen molar-refractivity contribution in [2.45, 2.75) is 27.7 Å². The maximum absolute atomic E-state index is 5.79. The Kier molecular flexibility index (Phi) is 3.71. The Morgan fingerprint density at radius 3 is 2.19 bits per heavy atom. The highest BCUT2D eigenvalue weighted by molar-refractivity contribution is 7.81. The molecule has 2 aliphatic carbocycles. The van der Waals surface area contributed by atoms with Crippen molar-refractivity contribution < 1.29 is 0 Å². The lowest BCUT2D eigenvalue weighted by atomic mass is 9.92. The van der Waals surface area contributed by atoms with Gasteiger partial charge in [-0.2, -0.15) is 0 Å². The zero-order valence-electron chi connectivity index (χ0n) is 13.2. The van der Waals surface area contributed by atoms with Crippen molar-refractivity contribution in [2.24, 2.45) is 17.8 Å². The maximum atomic E-state index is 5.79. The van der Waals surface area contributed by atoms with Crippen LogP contribution in [0.5, 0.6) is 0 Å². The Bertz CT molecular complexity index is 669. The third-order valence-electron chi connectivity index (χ3n) is 4.47. The second-order valence-electron chi connectivity index (χ2n) is 6.57. The molecule has 1 atom stereocenters. The van der Waals surface area contributed by atoms with Crippen molar-refractivity contribution in [3.05, 3.63) is 64.8 Å². The van der Waals surface area contributed by atoms with Gasteiger partial charge in [0, 0.05) is 10.8 Å². The molecule has 0 radical (unpaired) electrons. The molecule has 1 heteroatoms. The largest absolute Gasteiger partial charge is 0.0795 e. The predicted molar refractivity (Wildman–Crippen MR) is 95.3 cm³/mol. The maximum Gasteiger partial charge on any atom is 0.0453 e. The van der Waals surface area contributed by atoms with E-state index in [-0.39, 0.29) is 0 Å². The molecule has 0 aromatic heterocycles. The van der Waals surface area contributed by atoms with Crippen LogP contribution >= 0.6 is 12.2 Å². The van der Waals surface area contributed by atoms with Gasteiger partial charge in [-0.15, -0.1) is 0 Å². The molecular formula is C20H22S. The smallest absolute Gasteiger partial charge is 0.0453 e. The molecule has 0 aliphatic heterocycles. The standard InChI is InChI=1S/C20H22S/c1-12(2)15-10-17(14-8-6-5-7-9-14)18-11-16(13(3)4)20(21)19(15)18/h5-13,18H,1-4H3. The molecule has 0 heterocycles. The lowest BCUT2D eigenvalue weighted by Crippen LogP contribution is -2.07. The van der Waals surface area contributed by atoms with Crippen molar-refractivity contribution >= 4 is 22.7 Å². The van der Waals surface area contributed by atoms with E-state index in [1.165, 1.54) is 27.9 Å². The SMILES string of the molecule is CC(C)C1=CC2C(c3ccccc3)=CC(C(C)C)=C2C1=S. The fourth-order valence-electron chi connectivity index (χ4n) is 3.35. The highest BCUT2D eigenvalue weighted by Crippen LogP contribution is 2.48. The van der Waals surface area contributed by atoms with Gasteiger partial charge in [0.1, 0.15) is 0 Å². The summed E-state index contributed by atoms with van der Waals surface area (Å²) in [6.45, 7) is 9.00. The molecule has 1 aromatic carbocycles. The Morgan fingerprint density at radius 1 is 0.952 bits per heavy atom. The molecule has 0 saturated carbocycles. The van der Waals surface area contributed by atoms with Crippen LogP contribution in [0.2, 0.25) is 0 Å². The highest BCUT2D eigenvalue weighted by atomic mass is 32.1. The fraction of sp³-hybridized carbons (Fsp3) is 0.350. The monoisotopic (exact) mass is 294 g/mol. The first-order valence-corrected chi connectivity index (χ1v) is 8.19. The Labute approximate surface area is 133 Å². The molecule has 21 heavy (non-hydrogen) atoms. The van der Waals surface area contributed by atoms with Crippen molar-refractivity contribution in [1.82, 2.24) is 0 Å². The van der Waals surface area contributed by atoms with Crippen LogP contribution in [0.1, 0.15) is 33.3 Å². The summed E-state index contributed by atoms with van der Waals surface area (Å²) in [6.07, 6.45) is 4.77. The summed E-state index contributed by atoms with van der Waals surface area (Å²) in [5, 5.41) is 0. The molecular weight excluding hydrogens is 272 g/mol. The molecule has 2 aliphatic rings. The normalized spacial score (nSPS) is 21.2. The van der Waals surface area contributed by atoms with Crippen LogP contribution in [-0.4, -0.2) is 4.86 Å². The highest BCUT2D eigenvalue weighted by Gasteiger charge is 2.37. The van der Waals surface area contributed by atoms with Crippen molar-refractivity contribution in [2.75, 3.05) is 0 Å². The van der Waals surface area contributed by atoms with Crippen LogP contribution in [-0.2, 0) is 0 Å². The lowest BCUT2D eigenvalue weighted by molar-refractivity contribution is 0.786. The minimum absolute atomic E-state index is 0.370. The Morgan fingerprint density at radius 2 is 1.62 bits per heavy atom. The number of thiocarbonyl (C=S) groups is 1. The molecule has 1 unspecified atom stereocenters. The van der Waals surface area contributed by atoms with Crippen LogP contribution < -0.4 is 0 Å². The first-order chi connectivity index (χ1) is 10.0. The molecule has 0 bridgehead atoms. The summed E-state index contributed by atoms with van der Waals surface area (Å²) >= 11 is 5.79. The van der Waals surface area contributed by atoms with E-state index in [0.717, 1.165) is 4.86 Å². The second kappa shape index (κ2) is 5.38. The quantitative estimate of drug-likeness (QED) is 0.652. The van der Waals surface area contributed by atoms with Gasteiger partial charge in [0.05, 0.1) is 0 Å². The van der Waals surface area contributed by atoms with Gasteiger partial charge in [-0.3, -0.25) is 0 Å². The average Bonchev–Trinajstić information content (AvgIpc) is 2.98. The van der Waals surface area contributed by atoms with Crippen LogP contribution in [0.15, 0.2) is 59.2 Å². The number of rotatable bonds is 3. The summed E-state index contributed by atoms with van der Waals surface area (Å²) in [6, 6.07) is 10.7. The van der Waals surface area contributed by atoms with E-state index >= 15 is 0 Å². The predicted octanol–water partition coefficient (Wildman–Crippen LogP) is 5.62. The van der Waals surface area contributed by atoms with E-state index in [4.69, 9.17) is 12.2 Å². The van der Waals surface area contributed by atoms with E-state index in [1.54, 1.807) is 0 Å². The van der Waals surface area contributed by atoms with Gasteiger partial charge in [0.2, 0.25) is 0 Å². The summed E-state index contributed by atoms with van der Waals surface area (Å²) in [5.41, 5.74) is 6.90. The molecule has 0 saturated heterocycles. The lowest BCUT2D eigenvalue weighted by Gasteiger charge is -2.12. The molecule has 0 fully saturated rings. The van der Waals surface area contributed by atoms with Gasteiger partial charge >= 0.3 is 0 Å². The summed E-state index contributed by atoms with van der Waals surface area (Å²) in [5.74, 6) is 1.39. The number of allylic oxidation sites excluding steroid dienone is 6. The topological polar surface area (TPSA) is 0 Å². The van der Waals surface area contributed by atoms with Gasteiger partial charge in [-0.25, -0.2) is 0 Å².